The fourth-order valence-electron chi connectivity index (χ4n) is 2.74. The van der Waals surface area contributed by atoms with E-state index >= 15 is 0 Å². The van der Waals surface area contributed by atoms with Gasteiger partial charge in [0.2, 0.25) is 0 Å². The van der Waals surface area contributed by atoms with Crippen LogP contribution >= 0.6 is 24.0 Å². The van der Waals surface area contributed by atoms with Crippen LogP contribution in [0.15, 0.2) is 41.5 Å². The molecule has 144 valence electrons. The van der Waals surface area contributed by atoms with Crippen LogP contribution in [0.2, 0.25) is 0 Å². The molecule has 7 heteroatoms. The normalized spacial score (nSPS) is 11.4. The summed E-state index contributed by atoms with van der Waals surface area (Å²) in [5, 5.41) is 3.35. The van der Waals surface area contributed by atoms with Crippen molar-refractivity contribution >= 4 is 29.9 Å². The van der Waals surface area contributed by atoms with Crippen molar-refractivity contribution in [1.29, 1.82) is 0 Å². The largest absolute Gasteiger partial charge is 0.353 e. The predicted molar refractivity (Wildman–Crippen MR) is 116 cm³/mol. The predicted octanol–water partition coefficient (Wildman–Crippen LogP) is 3.05. The molecule has 0 aliphatic carbocycles. The summed E-state index contributed by atoms with van der Waals surface area (Å²) in [6.45, 7) is 1.95. The molecule has 0 aliphatic rings. The Balaban J connectivity index is 0.00000338. The first-order valence-electron chi connectivity index (χ1n) is 8.34. The first-order chi connectivity index (χ1) is 11.9. The maximum atomic E-state index is 13.9. The molecule has 0 aliphatic heterocycles. The molecule has 0 radical (unpaired) electrons. The zero-order chi connectivity index (χ0) is 18.4. The van der Waals surface area contributed by atoms with Gasteiger partial charge < -0.3 is 19.7 Å². The van der Waals surface area contributed by atoms with Crippen molar-refractivity contribution in [2.75, 3.05) is 28.2 Å². The second kappa shape index (κ2) is 10.5. The van der Waals surface area contributed by atoms with Crippen LogP contribution in [0.1, 0.15) is 16.8 Å². The lowest BCUT2D eigenvalue weighted by Gasteiger charge is -2.22. The highest BCUT2D eigenvalue weighted by Gasteiger charge is 2.09. The SMILES string of the molecule is CN=C(NCc1ccc(F)c(CN(C)C)c1)N(C)Cc1cccn1C.I. The number of hydrogen-bond acceptors (Lipinski definition) is 2. The van der Waals surface area contributed by atoms with Crippen molar-refractivity contribution in [3.05, 3.63) is 59.2 Å². The summed E-state index contributed by atoms with van der Waals surface area (Å²) in [4.78, 5) is 8.37. The van der Waals surface area contributed by atoms with Gasteiger partial charge in [-0.15, -0.1) is 24.0 Å². The quantitative estimate of drug-likeness (QED) is 0.398. The van der Waals surface area contributed by atoms with E-state index in [1.807, 2.05) is 57.5 Å². The molecule has 0 amide bonds. The molecule has 1 aromatic carbocycles. The van der Waals surface area contributed by atoms with E-state index in [9.17, 15) is 4.39 Å². The number of aryl methyl sites for hydroxylation is 1. The van der Waals surface area contributed by atoms with Crippen molar-refractivity contribution < 1.29 is 4.39 Å². The number of guanidine groups is 1. The topological polar surface area (TPSA) is 35.8 Å². The first-order valence-corrected chi connectivity index (χ1v) is 8.34. The minimum Gasteiger partial charge on any atom is -0.353 e. The molecule has 0 spiro atoms. The number of halogens is 2. The molecule has 0 saturated carbocycles. The van der Waals surface area contributed by atoms with Gasteiger partial charge in [-0.1, -0.05) is 6.07 Å². The van der Waals surface area contributed by atoms with E-state index < -0.39 is 0 Å². The average Bonchev–Trinajstić information content (AvgIpc) is 2.95. The van der Waals surface area contributed by atoms with Crippen molar-refractivity contribution in [3.63, 3.8) is 0 Å². The Morgan fingerprint density at radius 2 is 1.92 bits per heavy atom. The number of hydrogen-bond donors (Lipinski definition) is 1. The maximum absolute atomic E-state index is 13.9. The fourth-order valence-corrected chi connectivity index (χ4v) is 2.74. The second-order valence-corrected chi connectivity index (χ2v) is 6.53. The van der Waals surface area contributed by atoms with E-state index in [1.165, 1.54) is 11.8 Å². The summed E-state index contributed by atoms with van der Waals surface area (Å²) in [5.41, 5.74) is 2.95. The zero-order valence-corrected chi connectivity index (χ0v) is 18.5. The van der Waals surface area contributed by atoms with Gasteiger partial charge in [0, 0.05) is 51.7 Å². The molecule has 1 N–H and O–H groups in total. The molecule has 2 rings (SSSR count). The van der Waals surface area contributed by atoms with Gasteiger partial charge in [-0.2, -0.15) is 0 Å². The van der Waals surface area contributed by atoms with Crippen LogP contribution in [0.3, 0.4) is 0 Å². The molecule has 2 aromatic rings. The second-order valence-electron chi connectivity index (χ2n) is 6.53. The Labute approximate surface area is 172 Å². The van der Waals surface area contributed by atoms with Crippen molar-refractivity contribution in [3.8, 4) is 0 Å². The number of aliphatic imine (C=N–C) groups is 1. The third-order valence-electron chi connectivity index (χ3n) is 4.07. The van der Waals surface area contributed by atoms with Crippen LogP contribution in [0, 0.1) is 5.82 Å². The lowest BCUT2D eigenvalue weighted by Crippen LogP contribution is -2.38. The van der Waals surface area contributed by atoms with Gasteiger partial charge in [0.1, 0.15) is 5.82 Å². The number of aromatic nitrogens is 1. The Bertz CT molecular complexity index is 726. The van der Waals surface area contributed by atoms with Gasteiger partial charge in [-0.25, -0.2) is 4.39 Å². The van der Waals surface area contributed by atoms with Gasteiger partial charge in [-0.05, 0) is 43.9 Å². The van der Waals surface area contributed by atoms with E-state index in [0.717, 1.165) is 18.1 Å². The van der Waals surface area contributed by atoms with Gasteiger partial charge in [0.05, 0.1) is 6.54 Å². The summed E-state index contributed by atoms with van der Waals surface area (Å²) >= 11 is 0. The molecule has 0 saturated heterocycles. The standard InChI is InChI=1S/C19H28FN5.HI/c1-21-19(25(5)14-17-7-6-10-24(17)4)22-12-15-8-9-18(20)16(11-15)13-23(2)3;/h6-11H,12-14H2,1-5H3,(H,21,22);1H. The summed E-state index contributed by atoms with van der Waals surface area (Å²) in [6, 6.07) is 9.38. The molecular formula is C19H29FIN5. The summed E-state index contributed by atoms with van der Waals surface area (Å²) in [7, 11) is 9.68. The molecule has 1 aromatic heterocycles. The molecule has 1 heterocycles. The Morgan fingerprint density at radius 1 is 1.19 bits per heavy atom. The number of rotatable bonds is 6. The highest BCUT2D eigenvalue weighted by atomic mass is 127. The van der Waals surface area contributed by atoms with E-state index in [-0.39, 0.29) is 29.8 Å². The smallest absolute Gasteiger partial charge is 0.194 e. The maximum Gasteiger partial charge on any atom is 0.194 e. The molecule has 0 bridgehead atoms. The van der Waals surface area contributed by atoms with Crippen LogP contribution < -0.4 is 5.32 Å². The fraction of sp³-hybridized carbons (Fsp3) is 0.421. The van der Waals surface area contributed by atoms with Crippen LogP contribution in [-0.4, -0.2) is 48.5 Å². The number of nitrogens with one attached hydrogen (secondary N) is 1. The lowest BCUT2D eigenvalue weighted by molar-refractivity contribution is 0.392. The van der Waals surface area contributed by atoms with Crippen LogP contribution in [-0.2, 0) is 26.7 Å². The van der Waals surface area contributed by atoms with Gasteiger partial charge >= 0.3 is 0 Å². The van der Waals surface area contributed by atoms with E-state index in [0.29, 0.717) is 18.7 Å². The number of nitrogens with zero attached hydrogens (tertiary/aromatic N) is 4. The Morgan fingerprint density at radius 3 is 2.50 bits per heavy atom. The minimum absolute atomic E-state index is 0. The molecule has 0 unspecified atom stereocenters. The van der Waals surface area contributed by atoms with Gasteiger partial charge in [0.15, 0.2) is 5.96 Å². The highest BCUT2D eigenvalue weighted by Crippen LogP contribution is 2.12. The first kappa shape index (κ1) is 22.4. The van der Waals surface area contributed by atoms with E-state index in [1.54, 1.807) is 7.05 Å². The third kappa shape index (κ3) is 6.28. The average molecular weight is 473 g/mol. The summed E-state index contributed by atoms with van der Waals surface area (Å²) < 4.78 is 16.0. The van der Waals surface area contributed by atoms with Crippen LogP contribution in [0.25, 0.3) is 0 Å². The zero-order valence-electron chi connectivity index (χ0n) is 16.2. The Kier molecular flexibility index (Phi) is 9.07. The molecule has 5 nitrogen and oxygen atoms in total. The molecule has 0 fully saturated rings. The van der Waals surface area contributed by atoms with E-state index in [2.05, 4.69) is 25.8 Å². The summed E-state index contributed by atoms with van der Waals surface area (Å²) in [6.07, 6.45) is 2.03. The lowest BCUT2D eigenvalue weighted by atomic mass is 10.1. The third-order valence-corrected chi connectivity index (χ3v) is 4.07. The van der Waals surface area contributed by atoms with E-state index in [4.69, 9.17) is 0 Å². The van der Waals surface area contributed by atoms with Crippen molar-refractivity contribution in [2.45, 2.75) is 19.6 Å². The van der Waals surface area contributed by atoms with Gasteiger partial charge in [0.25, 0.3) is 0 Å². The van der Waals surface area contributed by atoms with Crippen LogP contribution in [0.5, 0.6) is 0 Å². The minimum atomic E-state index is -0.164. The van der Waals surface area contributed by atoms with Crippen LogP contribution in [0.4, 0.5) is 4.39 Å². The molecule has 0 atom stereocenters. The monoisotopic (exact) mass is 473 g/mol. The Hall–Kier alpha value is -1.61. The number of benzene rings is 1. The van der Waals surface area contributed by atoms with Gasteiger partial charge in [-0.3, -0.25) is 4.99 Å². The molecule has 26 heavy (non-hydrogen) atoms. The summed E-state index contributed by atoms with van der Waals surface area (Å²) in [5.74, 6) is 0.641. The highest BCUT2D eigenvalue weighted by molar-refractivity contribution is 14.0. The van der Waals surface area contributed by atoms with Crippen molar-refractivity contribution in [2.24, 2.45) is 12.0 Å². The van der Waals surface area contributed by atoms with Crippen molar-refractivity contribution in [1.82, 2.24) is 19.7 Å². The molecular weight excluding hydrogens is 444 g/mol.